The molecule has 8 nitrogen and oxygen atoms in total. The molecule has 0 spiro atoms. The molecule has 2 aromatic carbocycles. The van der Waals surface area contributed by atoms with Crippen LogP contribution in [-0.4, -0.2) is 26.3 Å². The van der Waals surface area contributed by atoms with E-state index in [4.69, 9.17) is 12.2 Å². The van der Waals surface area contributed by atoms with Gasteiger partial charge < -0.3 is 0 Å². The number of para-hydroxylation sites is 1. The number of nitrogens with one attached hydrogen (secondary N) is 2. The zero-order valence-corrected chi connectivity index (χ0v) is 13.5. The second-order valence-electron chi connectivity index (χ2n) is 4.98. The topological polar surface area (TPSA) is 117 Å². The Morgan fingerprint density at radius 1 is 1.20 bits per heavy atom. The van der Waals surface area contributed by atoms with Crippen molar-refractivity contribution in [3.05, 3.63) is 79.3 Å². The third-order valence-corrected chi connectivity index (χ3v) is 3.50. The summed E-state index contributed by atoms with van der Waals surface area (Å²) >= 11 is 4.83. The van der Waals surface area contributed by atoms with Crippen LogP contribution < -0.4 is 5.56 Å². The molecule has 0 atom stereocenters. The van der Waals surface area contributed by atoms with E-state index in [0.29, 0.717) is 16.8 Å². The maximum absolute atomic E-state index is 12.1. The molecule has 0 amide bonds. The maximum atomic E-state index is 12.1. The van der Waals surface area contributed by atoms with Crippen molar-refractivity contribution in [2.45, 2.75) is 0 Å². The van der Waals surface area contributed by atoms with E-state index in [1.165, 1.54) is 18.3 Å². The van der Waals surface area contributed by atoms with Gasteiger partial charge in [0.2, 0.25) is 0 Å². The molecule has 0 saturated carbocycles. The van der Waals surface area contributed by atoms with Crippen molar-refractivity contribution in [2.24, 2.45) is 4.99 Å². The average molecular weight is 353 g/mol. The molecule has 0 fully saturated rings. The van der Waals surface area contributed by atoms with Crippen LogP contribution in [0.25, 0.3) is 11.3 Å². The summed E-state index contributed by atoms with van der Waals surface area (Å²) in [4.78, 5) is 29.2. The molecule has 0 saturated heterocycles. The zero-order valence-electron chi connectivity index (χ0n) is 12.7. The van der Waals surface area contributed by atoms with Gasteiger partial charge in [-0.25, -0.2) is 0 Å². The summed E-state index contributed by atoms with van der Waals surface area (Å²) < 4.78 is 0.131. The Kier molecular flexibility index (Phi) is 4.57. The number of nitro groups is 1. The van der Waals surface area contributed by atoms with Crippen molar-refractivity contribution in [1.29, 1.82) is 0 Å². The lowest BCUT2D eigenvalue weighted by molar-refractivity contribution is -0.384. The normalized spacial score (nSPS) is 10.9. The van der Waals surface area contributed by atoms with E-state index in [0.717, 1.165) is 0 Å². The molecule has 25 heavy (non-hydrogen) atoms. The fourth-order valence-corrected chi connectivity index (χ4v) is 2.32. The number of aromatic nitrogens is 3. The molecule has 2 N–H and O–H groups in total. The van der Waals surface area contributed by atoms with Gasteiger partial charge in [0.1, 0.15) is 0 Å². The second-order valence-corrected chi connectivity index (χ2v) is 5.39. The predicted molar refractivity (Wildman–Crippen MR) is 95.8 cm³/mol. The lowest BCUT2D eigenvalue weighted by Crippen LogP contribution is -2.12. The number of hydrogen-bond donors (Lipinski definition) is 2. The highest BCUT2D eigenvalue weighted by Gasteiger charge is 2.10. The van der Waals surface area contributed by atoms with Crippen molar-refractivity contribution in [2.75, 3.05) is 0 Å². The fraction of sp³-hybridized carbons (Fsp3) is 0. The lowest BCUT2D eigenvalue weighted by atomic mass is 10.1. The molecule has 3 aromatic rings. The van der Waals surface area contributed by atoms with Crippen molar-refractivity contribution >= 4 is 29.8 Å². The number of nitro benzene ring substituents is 1. The van der Waals surface area contributed by atoms with Crippen LogP contribution in [0.3, 0.4) is 0 Å². The number of H-pyrrole nitrogens is 2. The van der Waals surface area contributed by atoms with E-state index >= 15 is 0 Å². The smallest absolute Gasteiger partial charge is 0.278 e. The molecule has 1 heterocycles. The summed E-state index contributed by atoms with van der Waals surface area (Å²) in [6, 6.07) is 13.0. The van der Waals surface area contributed by atoms with Crippen molar-refractivity contribution in [1.82, 2.24) is 15.2 Å². The molecule has 0 bridgehead atoms. The summed E-state index contributed by atoms with van der Waals surface area (Å²) in [5, 5.41) is 17.3. The minimum atomic E-state index is -0.471. The first kappa shape index (κ1) is 16.4. The Hall–Kier alpha value is -3.46. The van der Waals surface area contributed by atoms with Crippen LogP contribution in [0, 0.1) is 14.9 Å². The SMILES string of the molecule is O=c1[nH]c(=S)[nH]nc1-c1ccccc1N=Cc1cccc([N+](=O)[O-])c1. The molecule has 9 heteroatoms. The number of hydrogen-bond acceptors (Lipinski definition) is 6. The number of nitrogens with zero attached hydrogens (tertiary/aromatic N) is 3. The maximum Gasteiger partial charge on any atom is 0.278 e. The quantitative estimate of drug-likeness (QED) is 0.323. The van der Waals surface area contributed by atoms with Gasteiger partial charge in [-0.1, -0.05) is 30.3 Å². The Bertz CT molecular complexity index is 1090. The Labute approximate surface area is 146 Å². The molecule has 0 aliphatic carbocycles. The number of aliphatic imine (C=N–C) groups is 1. The van der Waals surface area contributed by atoms with Crippen LogP contribution in [0.4, 0.5) is 11.4 Å². The molecule has 0 radical (unpaired) electrons. The highest BCUT2D eigenvalue weighted by molar-refractivity contribution is 7.71. The predicted octanol–water partition coefficient (Wildman–Crippen LogP) is 3.15. The highest BCUT2D eigenvalue weighted by Crippen LogP contribution is 2.26. The third kappa shape index (κ3) is 3.72. The van der Waals surface area contributed by atoms with Gasteiger partial charge in [0.25, 0.3) is 11.2 Å². The Morgan fingerprint density at radius 3 is 2.76 bits per heavy atom. The summed E-state index contributed by atoms with van der Waals surface area (Å²) in [6.45, 7) is 0. The van der Waals surface area contributed by atoms with Gasteiger partial charge in [-0.3, -0.25) is 30.0 Å². The average Bonchev–Trinajstić information content (AvgIpc) is 2.61. The molecule has 1 aromatic heterocycles. The number of aromatic amines is 2. The lowest BCUT2D eigenvalue weighted by Gasteiger charge is -2.03. The first-order valence-corrected chi connectivity index (χ1v) is 7.52. The van der Waals surface area contributed by atoms with Crippen LogP contribution in [0.15, 0.2) is 58.3 Å². The number of non-ortho nitro benzene ring substituents is 1. The van der Waals surface area contributed by atoms with Gasteiger partial charge in [-0.2, -0.15) is 5.10 Å². The molecule has 0 aliphatic rings. The van der Waals surface area contributed by atoms with Gasteiger partial charge in [0, 0.05) is 23.9 Å². The molecule has 0 unspecified atom stereocenters. The fourth-order valence-electron chi connectivity index (χ4n) is 2.18. The minimum absolute atomic E-state index is 0.0222. The Morgan fingerprint density at radius 2 is 2.00 bits per heavy atom. The zero-order chi connectivity index (χ0) is 17.8. The van der Waals surface area contributed by atoms with Crippen LogP contribution in [-0.2, 0) is 0 Å². The van der Waals surface area contributed by atoms with Crippen LogP contribution in [0.1, 0.15) is 5.56 Å². The molecule has 124 valence electrons. The van der Waals surface area contributed by atoms with E-state index in [1.54, 1.807) is 36.4 Å². The summed E-state index contributed by atoms with van der Waals surface area (Å²) in [7, 11) is 0. The number of rotatable bonds is 4. The van der Waals surface area contributed by atoms with Gasteiger partial charge in [0.15, 0.2) is 10.5 Å². The minimum Gasteiger partial charge on any atom is -0.296 e. The summed E-state index contributed by atoms with van der Waals surface area (Å²) in [5.74, 6) is 0. The van der Waals surface area contributed by atoms with Gasteiger partial charge in [-0.05, 0) is 23.8 Å². The standard InChI is InChI=1S/C16H11N5O3S/c22-15-14(19-20-16(25)18-15)12-6-1-2-7-13(12)17-9-10-4-3-5-11(8-10)21(23)24/h1-9H,(H2,18,20,22,25). The van der Waals surface area contributed by atoms with E-state index in [2.05, 4.69) is 20.2 Å². The van der Waals surface area contributed by atoms with Crippen LogP contribution >= 0.6 is 12.2 Å². The monoisotopic (exact) mass is 353 g/mol. The van der Waals surface area contributed by atoms with Crippen LogP contribution in [0.5, 0.6) is 0 Å². The summed E-state index contributed by atoms with van der Waals surface area (Å²) in [5.41, 5.74) is 1.28. The first-order chi connectivity index (χ1) is 12.0. The van der Waals surface area contributed by atoms with E-state index in [-0.39, 0.29) is 16.2 Å². The van der Waals surface area contributed by atoms with E-state index in [1.807, 2.05) is 0 Å². The first-order valence-electron chi connectivity index (χ1n) is 7.11. The molecule has 3 rings (SSSR count). The second kappa shape index (κ2) is 6.97. The van der Waals surface area contributed by atoms with E-state index < -0.39 is 10.5 Å². The van der Waals surface area contributed by atoms with Gasteiger partial charge in [0.05, 0.1) is 10.6 Å². The Balaban J connectivity index is 2.02. The van der Waals surface area contributed by atoms with E-state index in [9.17, 15) is 14.9 Å². The molecular weight excluding hydrogens is 342 g/mol. The molecular formula is C16H11N5O3S. The largest absolute Gasteiger partial charge is 0.296 e. The van der Waals surface area contributed by atoms with Crippen molar-refractivity contribution < 1.29 is 4.92 Å². The number of benzene rings is 2. The highest BCUT2D eigenvalue weighted by atomic mass is 32.1. The van der Waals surface area contributed by atoms with Gasteiger partial charge >= 0.3 is 0 Å². The third-order valence-electron chi connectivity index (χ3n) is 3.30. The summed E-state index contributed by atoms with van der Waals surface area (Å²) in [6.07, 6.45) is 1.49. The van der Waals surface area contributed by atoms with Crippen molar-refractivity contribution in [3.8, 4) is 11.3 Å². The van der Waals surface area contributed by atoms with Gasteiger partial charge in [-0.15, -0.1) is 0 Å². The van der Waals surface area contributed by atoms with Crippen LogP contribution in [0.2, 0.25) is 0 Å². The van der Waals surface area contributed by atoms with Crippen molar-refractivity contribution in [3.63, 3.8) is 0 Å². The molecule has 0 aliphatic heterocycles.